The molecule has 0 radical (unpaired) electrons. The smallest absolute Gasteiger partial charge is 0.328 e. The van der Waals surface area contributed by atoms with Gasteiger partial charge in [-0.3, -0.25) is 4.79 Å². The molecular formula is C14H17F2NO3. The van der Waals surface area contributed by atoms with Crippen molar-refractivity contribution in [1.82, 2.24) is 5.32 Å². The zero-order valence-electron chi connectivity index (χ0n) is 11.6. The van der Waals surface area contributed by atoms with Crippen LogP contribution >= 0.6 is 0 Å². The van der Waals surface area contributed by atoms with Crippen molar-refractivity contribution in [2.24, 2.45) is 5.92 Å². The molecule has 0 saturated heterocycles. The number of carbonyl (C=O) groups excluding carboxylic acids is 2. The lowest BCUT2D eigenvalue weighted by Crippen LogP contribution is -2.42. The maximum Gasteiger partial charge on any atom is 0.328 e. The molecule has 1 amide bonds. The van der Waals surface area contributed by atoms with E-state index in [2.05, 4.69) is 10.1 Å². The van der Waals surface area contributed by atoms with Crippen LogP contribution in [-0.2, 0) is 9.53 Å². The molecule has 1 unspecified atom stereocenters. The molecule has 1 aromatic carbocycles. The summed E-state index contributed by atoms with van der Waals surface area (Å²) < 4.78 is 31.1. The summed E-state index contributed by atoms with van der Waals surface area (Å²) in [5, 5.41) is 2.36. The van der Waals surface area contributed by atoms with Gasteiger partial charge in [-0.25, -0.2) is 13.6 Å². The summed E-state index contributed by atoms with van der Waals surface area (Å²) >= 11 is 0. The molecule has 1 atom stereocenters. The second-order valence-electron chi connectivity index (χ2n) is 4.78. The summed E-state index contributed by atoms with van der Waals surface area (Å²) in [5.74, 6) is -3.70. The lowest BCUT2D eigenvalue weighted by Gasteiger charge is -2.18. The van der Waals surface area contributed by atoms with Crippen LogP contribution in [0.5, 0.6) is 0 Å². The van der Waals surface area contributed by atoms with Crippen LogP contribution in [0, 0.1) is 17.6 Å². The number of hydrogen-bond acceptors (Lipinski definition) is 3. The number of benzene rings is 1. The first-order valence-electron chi connectivity index (χ1n) is 6.19. The van der Waals surface area contributed by atoms with E-state index in [4.69, 9.17) is 0 Å². The van der Waals surface area contributed by atoms with Gasteiger partial charge in [0.05, 0.1) is 12.7 Å². The minimum atomic E-state index is -1.24. The van der Waals surface area contributed by atoms with Gasteiger partial charge >= 0.3 is 5.97 Å². The normalized spacial score (nSPS) is 12.1. The van der Waals surface area contributed by atoms with E-state index in [1.54, 1.807) is 0 Å². The first-order chi connectivity index (χ1) is 9.36. The second kappa shape index (κ2) is 6.98. The predicted molar refractivity (Wildman–Crippen MR) is 69.1 cm³/mol. The van der Waals surface area contributed by atoms with E-state index in [1.165, 1.54) is 13.2 Å². The summed E-state index contributed by atoms with van der Waals surface area (Å²) in [6.45, 7) is 3.73. The van der Waals surface area contributed by atoms with Gasteiger partial charge in [-0.2, -0.15) is 0 Å². The highest BCUT2D eigenvalue weighted by atomic mass is 19.2. The molecule has 0 saturated carbocycles. The Morgan fingerprint density at radius 1 is 1.30 bits per heavy atom. The summed E-state index contributed by atoms with van der Waals surface area (Å²) in [7, 11) is 1.20. The maximum absolute atomic E-state index is 13.5. The fourth-order valence-corrected chi connectivity index (χ4v) is 1.74. The Morgan fingerprint density at radius 2 is 1.95 bits per heavy atom. The molecule has 6 heteroatoms. The van der Waals surface area contributed by atoms with Crippen molar-refractivity contribution < 1.29 is 23.1 Å². The number of rotatable bonds is 5. The molecule has 0 aliphatic carbocycles. The third-order valence-corrected chi connectivity index (χ3v) is 2.69. The van der Waals surface area contributed by atoms with E-state index in [9.17, 15) is 18.4 Å². The molecule has 1 N–H and O–H groups in total. The van der Waals surface area contributed by atoms with Crippen LogP contribution in [0.2, 0.25) is 0 Å². The predicted octanol–water partition coefficient (Wildman–Crippen LogP) is 2.28. The van der Waals surface area contributed by atoms with E-state index in [-0.39, 0.29) is 5.92 Å². The lowest BCUT2D eigenvalue weighted by molar-refractivity contribution is -0.143. The third-order valence-electron chi connectivity index (χ3n) is 2.69. The topological polar surface area (TPSA) is 55.4 Å². The monoisotopic (exact) mass is 285 g/mol. The van der Waals surface area contributed by atoms with Crippen molar-refractivity contribution in [2.45, 2.75) is 26.3 Å². The molecule has 0 spiro atoms. The zero-order chi connectivity index (χ0) is 15.3. The van der Waals surface area contributed by atoms with Gasteiger partial charge in [-0.1, -0.05) is 19.9 Å². The van der Waals surface area contributed by atoms with Gasteiger partial charge in [0.15, 0.2) is 11.6 Å². The highest BCUT2D eigenvalue weighted by Gasteiger charge is 2.25. The van der Waals surface area contributed by atoms with Crippen molar-refractivity contribution in [1.29, 1.82) is 0 Å². The van der Waals surface area contributed by atoms with Gasteiger partial charge in [-0.05, 0) is 24.5 Å². The van der Waals surface area contributed by atoms with E-state index in [1.807, 2.05) is 13.8 Å². The van der Waals surface area contributed by atoms with Crippen LogP contribution in [0.15, 0.2) is 18.2 Å². The summed E-state index contributed by atoms with van der Waals surface area (Å²) in [5.41, 5.74) is -0.442. The van der Waals surface area contributed by atoms with Crippen LogP contribution in [0.25, 0.3) is 0 Å². The molecule has 0 bridgehead atoms. The minimum Gasteiger partial charge on any atom is -0.467 e. The van der Waals surface area contributed by atoms with E-state index >= 15 is 0 Å². The molecular weight excluding hydrogens is 268 g/mol. The van der Waals surface area contributed by atoms with Gasteiger partial charge in [0.1, 0.15) is 6.04 Å². The molecule has 1 aromatic rings. The van der Waals surface area contributed by atoms with Gasteiger partial charge in [0, 0.05) is 0 Å². The first-order valence-corrected chi connectivity index (χ1v) is 6.19. The fraction of sp³-hybridized carbons (Fsp3) is 0.429. The average Bonchev–Trinajstić information content (AvgIpc) is 2.39. The number of nitrogens with one attached hydrogen (secondary N) is 1. The third kappa shape index (κ3) is 4.01. The standard InChI is InChI=1S/C14H17F2NO3/c1-8(2)7-11(14(19)20-3)17-13(18)9-5-4-6-10(15)12(9)16/h4-6,8,11H,7H2,1-3H3,(H,17,18). The van der Waals surface area contributed by atoms with Crippen LogP contribution in [0.3, 0.4) is 0 Å². The maximum atomic E-state index is 13.5. The van der Waals surface area contributed by atoms with Crippen LogP contribution in [0.4, 0.5) is 8.78 Å². The van der Waals surface area contributed by atoms with Gasteiger partial charge < -0.3 is 10.1 Å². The summed E-state index contributed by atoms with van der Waals surface area (Å²) in [6.07, 6.45) is 0.343. The molecule has 0 fully saturated rings. The van der Waals surface area contributed by atoms with Gasteiger partial charge in [0.25, 0.3) is 5.91 Å². The largest absolute Gasteiger partial charge is 0.467 e. The Kier molecular flexibility index (Phi) is 5.61. The van der Waals surface area contributed by atoms with Crippen LogP contribution in [-0.4, -0.2) is 25.0 Å². The van der Waals surface area contributed by atoms with Crippen LogP contribution in [0.1, 0.15) is 30.6 Å². The van der Waals surface area contributed by atoms with Crippen LogP contribution < -0.4 is 5.32 Å². The number of amides is 1. The summed E-state index contributed by atoms with van der Waals surface area (Å²) in [6, 6.07) is 2.40. The Morgan fingerprint density at radius 3 is 2.50 bits per heavy atom. The molecule has 0 aliphatic heterocycles. The Hall–Kier alpha value is -1.98. The highest BCUT2D eigenvalue weighted by molar-refractivity contribution is 5.97. The quantitative estimate of drug-likeness (QED) is 0.844. The molecule has 0 aliphatic rings. The molecule has 20 heavy (non-hydrogen) atoms. The fourth-order valence-electron chi connectivity index (χ4n) is 1.74. The number of methoxy groups -OCH3 is 1. The average molecular weight is 285 g/mol. The highest BCUT2D eigenvalue weighted by Crippen LogP contribution is 2.13. The first kappa shape index (κ1) is 16.1. The number of ether oxygens (including phenoxy) is 1. The Labute approximate surface area is 116 Å². The van der Waals surface area contributed by atoms with Crippen molar-refractivity contribution in [3.63, 3.8) is 0 Å². The number of esters is 1. The molecule has 0 aromatic heterocycles. The SMILES string of the molecule is COC(=O)C(CC(C)C)NC(=O)c1cccc(F)c1F. The number of carbonyl (C=O) groups is 2. The van der Waals surface area contributed by atoms with Crippen molar-refractivity contribution in [3.8, 4) is 0 Å². The Balaban J connectivity index is 2.90. The van der Waals surface area contributed by atoms with Gasteiger partial charge in [0.2, 0.25) is 0 Å². The van der Waals surface area contributed by atoms with Gasteiger partial charge in [-0.15, -0.1) is 0 Å². The number of halogens is 2. The summed E-state index contributed by atoms with van der Waals surface area (Å²) in [4.78, 5) is 23.5. The number of hydrogen-bond donors (Lipinski definition) is 1. The van der Waals surface area contributed by atoms with Crippen molar-refractivity contribution in [3.05, 3.63) is 35.4 Å². The minimum absolute atomic E-state index is 0.122. The molecule has 4 nitrogen and oxygen atoms in total. The van der Waals surface area contributed by atoms with E-state index in [0.29, 0.717) is 6.42 Å². The molecule has 0 heterocycles. The Bertz CT molecular complexity index is 503. The van der Waals surface area contributed by atoms with E-state index in [0.717, 1.165) is 12.1 Å². The van der Waals surface area contributed by atoms with E-state index < -0.39 is 35.1 Å². The molecule has 1 rings (SSSR count). The lowest BCUT2D eigenvalue weighted by atomic mass is 10.0. The second-order valence-corrected chi connectivity index (χ2v) is 4.78. The van der Waals surface area contributed by atoms with Crippen molar-refractivity contribution >= 4 is 11.9 Å². The molecule has 110 valence electrons. The zero-order valence-corrected chi connectivity index (χ0v) is 11.6. The van der Waals surface area contributed by atoms with Crippen molar-refractivity contribution in [2.75, 3.05) is 7.11 Å².